The number of carbonyl (C=O) groups is 1. The highest BCUT2D eigenvalue weighted by Crippen LogP contribution is 2.25. The SMILES string of the molecule is C[C@H](Sc1ccc(Cl)cc1)C(=O)N(C)Cc1ccccc1. The van der Waals surface area contributed by atoms with Crippen LogP contribution in [-0.2, 0) is 11.3 Å². The van der Waals surface area contributed by atoms with Crippen molar-refractivity contribution < 1.29 is 4.79 Å². The summed E-state index contributed by atoms with van der Waals surface area (Å²) in [4.78, 5) is 15.2. The maximum absolute atomic E-state index is 12.4. The first-order valence-corrected chi connectivity index (χ1v) is 8.03. The summed E-state index contributed by atoms with van der Waals surface area (Å²) in [7, 11) is 1.84. The Morgan fingerprint density at radius 1 is 1.14 bits per heavy atom. The first kappa shape index (κ1) is 15.9. The second-order valence-electron chi connectivity index (χ2n) is 4.89. The zero-order valence-corrected chi connectivity index (χ0v) is 13.7. The fourth-order valence-corrected chi connectivity index (χ4v) is 3.12. The minimum atomic E-state index is -0.125. The molecule has 0 saturated carbocycles. The Morgan fingerprint density at radius 2 is 1.76 bits per heavy atom. The molecule has 0 aliphatic heterocycles. The molecule has 21 heavy (non-hydrogen) atoms. The first-order chi connectivity index (χ1) is 10.1. The van der Waals surface area contributed by atoms with Crippen molar-refractivity contribution >= 4 is 29.3 Å². The zero-order valence-electron chi connectivity index (χ0n) is 12.1. The van der Waals surface area contributed by atoms with Crippen LogP contribution in [0.3, 0.4) is 0 Å². The van der Waals surface area contributed by atoms with Gasteiger partial charge in [-0.3, -0.25) is 4.79 Å². The third-order valence-electron chi connectivity index (χ3n) is 3.11. The van der Waals surface area contributed by atoms with Gasteiger partial charge in [0.1, 0.15) is 0 Å². The number of carbonyl (C=O) groups excluding carboxylic acids is 1. The van der Waals surface area contributed by atoms with Crippen LogP contribution in [0.4, 0.5) is 0 Å². The third kappa shape index (κ3) is 4.80. The van der Waals surface area contributed by atoms with Crippen molar-refractivity contribution in [2.24, 2.45) is 0 Å². The zero-order chi connectivity index (χ0) is 15.2. The standard InChI is InChI=1S/C17H18ClNOS/c1-13(21-16-10-8-15(18)9-11-16)17(20)19(2)12-14-6-4-3-5-7-14/h3-11,13H,12H2,1-2H3/t13-/m0/s1. The Labute approximate surface area is 135 Å². The molecule has 0 aliphatic rings. The van der Waals surface area contributed by atoms with Gasteiger partial charge in [-0.25, -0.2) is 0 Å². The monoisotopic (exact) mass is 319 g/mol. The quantitative estimate of drug-likeness (QED) is 0.757. The van der Waals surface area contributed by atoms with Gasteiger partial charge in [0.05, 0.1) is 5.25 Å². The van der Waals surface area contributed by atoms with E-state index in [1.807, 2.05) is 68.6 Å². The molecule has 0 aromatic heterocycles. The van der Waals surface area contributed by atoms with Crippen molar-refractivity contribution in [2.45, 2.75) is 23.6 Å². The van der Waals surface area contributed by atoms with Gasteiger partial charge in [-0.1, -0.05) is 41.9 Å². The fraction of sp³-hybridized carbons (Fsp3) is 0.235. The lowest BCUT2D eigenvalue weighted by atomic mass is 10.2. The van der Waals surface area contributed by atoms with Gasteiger partial charge in [0.2, 0.25) is 5.91 Å². The number of halogens is 1. The van der Waals surface area contributed by atoms with Gasteiger partial charge in [-0.15, -0.1) is 11.8 Å². The summed E-state index contributed by atoms with van der Waals surface area (Å²) < 4.78 is 0. The Bertz CT molecular complexity index is 585. The minimum absolute atomic E-state index is 0.124. The van der Waals surface area contributed by atoms with Crippen LogP contribution in [0.1, 0.15) is 12.5 Å². The van der Waals surface area contributed by atoms with Gasteiger partial charge in [0, 0.05) is 23.5 Å². The molecule has 4 heteroatoms. The number of thioether (sulfide) groups is 1. The summed E-state index contributed by atoms with van der Waals surface area (Å²) in [6, 6.07) is 17.6. The van der Waals surface area contributed by atoms with Crippen LogP contribution in [-0.4, -0.2) is 23.1 Å². The minimum Gasteiger partial charge on any atom is -0.340 e. The van der Waals surface area contributed by atoms with Crippen LogP contribution in [0.2, 0.25) is 5.02 Å². The topological polar surface area (TPSA) is 20.3 Å². The normalized spacial score (nSPS) is 12.0. The number of rotatable bonds is 5. The van der Waals surface area contributed by atoms with E-state index in [2.05, 4.69) is 0 Å². The average Bonchev–Trinajstić information content (AvgIpc) is 2.49. The van der Waals surface area contributed by atoms with Crippen molar-refractivity contribution in [2.75, 3.05) is 7.05 Å². The molecule has 0 spiro atoms. The molecule has 1 atom stereocenters. The predicted octanol–water partition coefficient (Wildman–Crippen LogP) is 4.48. The lowest BCUT2D eigenvalue weighted by Crippen LogP contribution is -2.32. The lowest BCUT2D eigenvalue weighted by Gasteiger charge is -2.21. The van der Waals surface area contributed by atoms with Crippen LogP contribution in [0.15, 0.2) is 59.5 Å². The summed E-state index contributed by atoms with van der Waals surface area (Å²) in [5.74, 6) is 0.124. The fourth-order valence-electron chi connectivity index (χ4n) is 2.01. The molecular weight excluding hydrogens is 302 g/mol. The van der Waals surface area contributed by atoms with E-state index < -0.39 is 0 Å². The molecule has 0 aliphatic carbocycles. The van der Waals surface area contributed by atoms with Crippen molar-refractivity contribution in [1.82, 2.24) is 4.90 Å². The van der Waals surface area contributed by atoms with E-state index in [-0.39, 0.29) is 11.2 Å². The Morgan fingerprint density at radius 3 is 2.38 bits per heavy atom. The second-order valence-corrected chi connectivity index (χ2v) is 6.74. The Hall–Kier alpha value is -1.45. The molecular formula is C17H18ClNOS. The van der Waals surface area contributed by atoms with Gasteiger partial charge in [-0.05, 0) is 36.8 Å². The first-order valence-electron chi connectivity index (χ1n) is 6.77. The van der Waals surface area contributed by atoms with Gasteiger partial charge in [0.15, 0.2) is 0 Å². The van der Waals surface area contributed by atoms with E-state index in [0.717, 1.165) is 10.5 Å². The molecule has 0 saturated heterocycles. The highest BCUT2D eigenvalue weighted by atomic mass is 35.5. The smallest absolute Gasteiger partial charge is 0.235 e. The number of nitrogens with zero attached hydrogens (tertiary/aromatic N) is 1. The molecule has 1 amide bonds. The van der Waals surface area contributed by atoms with E-state index in [9.17, 15) is 4.79 Å². The van der Waals surface area contributed by atoms with E-state index in [4.69, 9.17) is 11.6 Å². The van der Waals surface area contributed by atoms with Crippen molar-refractivity contribution in [3.05, 3.63) is 65.2 Å². The van der Waals surface area contributed by atoms with E-state index in [0.29, 0.717) is 11.6 Å². The van der Waals surface area contributed by atoms with E-state index in [1.54, 1.807) is 16.7 Å². The Kier molecular flexibility index (Phi) is 5.71. The van der Waals surface area contributed by atoms with Crippen LogP contribution in [0.5, 0.6) is 0 Å². The molecule has 0 radical (unpaired) electrons. The molecule has 0 bridgehead atoms. The van der Waals surface area contributed by atoms with Gasteiger partial charge in [-0.2, -0.15) is 0 Å². The number of benzene rings is 2. The second kappa shape index (κ2) is 7.53. The van der Waals surface area contributed by atoms with Gasteiger partial charge in [0.25, 0.3) is 0 Å². The van der Waals surface area contributed by atoms with Crippen LogP contribution in [0, 0.1) is 0 Å². The molecule has 2 rings (SSSR count). The largest absolute Gasteiger partial charge is 0.340 e. The third-order valence-corrected chi connectivity index (χ3v) is 4.46. The molecule has 0 heterocycles. The van der Waals surface area contributed by atoms with Gasteiger partial charge >= 0.3 is 0 Å². The number of amides is 1. The van der Waals surface area contributed by atoms with E-state index >= 15 is 0 Å². The summed E-state index contributed by atoms with van der Waals surface area (Å²) >= 11 is 7.42. The van der Waals surface area contributed by atoms with E-state index in [1.165, 1.54) is 0 Å². The highest BCUT2D eigenvalue weighted by molar-refractivity contribution is 8.00. The summed E-state index contributed by atoms with van der Waals surface area (Å²) in [6.07, 6.45) is 0. The number of hydrogen-bond donors (Lipinski definition) is 0. The van der Waals surface area contributed by atoms with Crippen LogP contribution >= 0.6 is 23.4 Å². The molecule has 0 unspecified atom stereocenters. The predicted molar refractivity (Wildman–Crippen MR) is 89.7 cm³/mol. The molecule has 110 valence electrons. The maximum Gasteiger partial charge on any atom is 0.235 e. The van der Waals surface area contributed by atoms with Crippen molar-refractivity contribution in [3.8, 4) is 0 Å². The molecule has 0 fully saturated rings. The van der Waals surface area contributed by atoms with Crippen molar-refractivity contribution in [3.63, 3.8) is 0 Å². The molecule has 2 nitrogen and oxygen atoms in total. The van der Waals surface area contributed by atoms with Crippen molar-refractivity contribution in [1.29, 1.82) is 0 Å². The lowest BCUT2D eigenvalue weighted by molar-refractivity contribution is -0.129. The summed E-state index contributed by atoms with van der Waals surface area (Å²) in [6.45, 7) is 2.56. The van der Waals surface area contributed by atoms with Crippen LogP contribution in [0.25, 0.3) is 0 Å². The molecule has 0 N–H and O–H groups in total. The highest BCUT2D eigenvalue weighted by Gasteiger charge is 2.18. The summed E-state index contributed by atoms with van der Waals surface area (Å²) in [5, 5.41) is 0.583. The number of hydrogen-bond acceptors (Lipinski definition) is 2. The maximum atomic E-state index is 12.4. The van der Waals surface area contributed by atoms with Gasteiger partial charge < -0.3 is 4.90 Å². The molecule has 2 aromatic rings. The summed E-state index contributed by atoms with van der Waals surface area (Å²) in [5.41, 5.74) is 1.14. The average molecular weight is 320 g/mol. The Balaban J connectivity index is 1.93. The molecule has 2 aromatic carbocycles. The van der Waals surface area contributed by atoms with Crippen LogP contribution < -0.4 is 0 Å².